The van der Waals surface area contributed by atoms with E-state index in [-0.39, 0.29) is 11.9 Å². The van der Waals surface area contributed by atoms with Crippen molar-refractivity contribution in [2.45, 2.75) is 18.9 Å². The van der Waals surface area contributed by atoms with Gasteiger partial charge in [0.25, 0.3) is 0 Å². The van der Waals surface area contributed by atoms with Gasteiger partial charge in [-0.25, -0.2) is 0 Å². The van der Waals surface area contributed by atoms with Gasteiger partial charge < -0.3 is 15.4 Å². The molecule has 1 aromatic heterocycles. The molecule has 0 radical (unpaired) electrons. The van der Waals surface area contributed by atoms with E-state index < -0.39 is 4.92 Å². The van der Waals surface area contributed by atoms with Crippen molar-refractivity contribution in [3.05, 3.63) is 52.3 Å². The molecule has 122 valence electrons. The van der Waals surface area contributed by atoms with E-state index in [2.05, 4.69) is 27.3 Å². The Kier molecular flexibility index (Phi) is 4.57. The number of hydrogen-bond donors (Lipinski definition) is 1. The molecule has 0 spiro atoms. The zero-order chi connectivity index (χ0) is 16.2. The fourth-order valence-corrected chi connectivity index (χ4v) is 3.13. The Bertz CT molecular complexity index is 664. The maximum Gasteiger partial charge on any atom is 0.406 e. The van der Waals surface area contributed by atoms with Crippen molar-refractivity contribution >= 4 is 11.6 Å². The first-order chi connectivity index (χ1) is 11.2. The zero-order valence-corrected chi connectivity index (χ0v) is 13.2. The van der Waals surface area contributed by atoms with Crippen LogP contribution in [0.25, 0.3) is 0 Å². The molecule has 1 atom stereocenters. The highest BCUT2D eigenvalue weighted by Crippen LogP contribution is 2.27. The first kappa shape index (κ1) is 15.5. The summed E-state index contributed by atoms with van der Waals surface area (Å²) in [6.45, 7) is 2.74. The Morgan fingerprint density at radius 2 is 2.00 bits per heavy atom. The van der Waals surface area contributed by atoms with E-state index >= 15 is 0 Å². The molecule has 1 fully saturated rings. The number of aromatic nitrogens is 2. The van der Waals surface area contributed by atoms with E-state index in [1.54, 1.807) is 11.6 Å². The van der Waals surface area contributed by atoms with Gasteiger partial charge in [-0.15, -0.1) is 0 Å². The van der Waals surface area contributed by atoms with Crippen LogP contribution in [0.4, 0.5) is 11.6 Å². The highest BCUT2D eigenvalue weighted by molar-refractivity contribution is 5.52. The Morgan fingerprint density at radius 1 is 1.30 bits per heavy atom. The molecule has 1 saturated heterocycles. The molecule has 0 aliphatic carbocycles. The summed E-state index contributed by atoms with van der Waals surface area (Å²) in [5.41, 5.74) is 1.23. The topological polar surface area (TPSA) is 76.2 Å². The lowest BCUT2D eigenvalue weighted by Crippen LogP contribution is -2.31. The Hall–Kier alpha value is -2.41. The van der Waals surface area contributed by atoms with Gasteiger partial charge in [0.1, 0.15) is 0 Å². The smallest absolute Gasteiger partial charge is 0.362 e. The SMILES string of the molecule is Cn1cnc([N+](=O)[O-])c1NCC(c1ccccc1)N1CCCC1. The number of benzene rings is 1. The van der Waals surface area contributed by atoms with Gasteiger partial charge in [0, 0.05) is 13.6 Å². The number of aryl methyl sites for hydroxylation is 1. The minimum absolute atomic E-state index is 0.124. The molecule has 2 heterocycles. The van der Waals surface area contributed by atoms with Gasteiger partial charge >= 0.3 is 5.82 Å². The largest absolute Gasteiger partial charge is 0.406 e. The van der Waals surface area contributed by atoms with Gasteiger partial charge in [0.15, 0.2) is 0 Å². The fraction of sp³-hybridized carbons (Fsp3) is 0.438. The van der Waals surface area contributed by atoms with Crippen molar-refractivity contribution < 1.29 is 4.92 Å². The van der Waals surface area contributed by atoms with Crippen LogP contribution in [0.2, 0.25) is 0 Å². The first-order valence-electron chi connectivity index (χ1n) is 7.85. The molecule has 1 aromatic carbocycles. The van der Waals surface area contributed by atoms with E-state index in [1.165, 1.54) is 24.7 Å². The van der Waals surface area contributed by atoms with Crippen LogP contribution >= 0.6 is 0 Å². The van der Waals surface area contributed by atoms with Crippen LogP contribution < -0.4 is 5.32 Å². The van der Waals surface area contributed by atoms with Gasteiger partial charge in [0.2, 0.25) is 12.1 Å². The molecule has 3 rings (SSSR count). The highest BCUT2D eigenvalue weighted by atomic mass is 16.6. The Morgan fingerprint density at radius 3 is 2.65 bits per heavy atom. The molecule has 1 unspecified atom stereocenters. The molecule has 1 aliphatic rings. The number of nitro groups is 1. The summed E-state index contributed by atoms with van der Waals surface area (Å²) in [5.74, 6) is 0.330. The zero-order valence-electron chi connectivity index (χ0n) is 13.2. The molecule has 0 amide bonds. The monoisotopic (exact) mass is 315 g/mol. The summed E-state index contributed by atoms with van der Waals surface area (Å²) < 4.78 is 1.66. The predicted octanol–water partition coefficient (Wildman–Crippen LogP) is 2.58. The van der Waals surface area contributed by atoms with Gasteiger partial charge in [-0.05, 0) is 41.4 Å². The van der Waals surface area contributed by atoms with E-state index in [4.69, 9.17) is 0 Å². The Balaban J connectivity index is 1.80. The standard InChI is InChI=1S/C16H21N5O2/c1-19-12-18-16(21(22)23)15(19)17-11-14(20-9-5-6-10-20)13-7-3-2-4-8-13/h2-4,7-8,12,14,17H,5-6,9-11H2,1H3. The van der Waals surface area contributed by atoms with Crippen LogP contribution in [0.15, 0.2) is 36.7 Å². The first-order valence-corrected chi connectivity index (χ1v) is 7.85. The van der Waals surface area contributed by atoms with Gasteiger partial charge in [-0.2, -0.15) is 0 Å². The van der Waals surface area contributed by atoms with Crippen LogP contribution in [0.5, 0.6) is 0 Å². The molecule has 1 aliphatic heterocycles. The summed E-state index contributed by atoms with van der Waals surface area (Å²) >= 11 is 0. The van der Waals surface area contributed by atoms with E-state index in [0.29, 0.717) is 12.4 Å². The minimum atomic E-state index is -0.449. The molecule has 0 saturated carbocycles. The lowest BCUT2D eigenvalue weighted by Gasteiger charge is -2.28. The van der Waals surface area contributed by atoms with E-state index in [0.717, 1.165) is 13.1 Å². The quantitative estimate of drug-likeness (QED) is 0.655. The molecule has 7 heteroatoms. The molecule has 1 N–H and O–H groups in total. The second-order valence-electron chi connectivity index (χ2n) is 5.84. The highest BCUT2D eigenvalue weighted by Gasteiger charge is 2.26. The van der Waals surface area contributed by atoms with Gasteiger partial charge in [0.05, 0.1) is 6.04 Å². The second kappa shape index (κ2) is 6.78. The number of imidazole rings is 1. The lowest BCUT2D eigenvalue weighted by molar-refractivity contribution is -0.388. The number of likely N-dealkylation sites (tertiary alicyclic amines) is 1. The average molecular weight is 315 g/mol. The van der Waals surface area contributed by atoms with Crippen molar-refractivity contribution in [1.82, 2.24) is 14.5 Å². The number of rotatable bonds is 6. The number of hydrogen-bond acceptors (Lipinski definition) is 5. The summed E-state index contributed by atoms with van der Waals surface area (Å²) in [7, 11) is 1.76. The molecular weight excluding hydrogens is 294 g/mol. The van der Waals surface area contributed by atoms with Crippen LogP contribution in [0.3, 0.4) is 0 Å². The summed E-state index contributed by atoms with van der Waals surface area (Å²) in [6, 6.07) is 10.5. The fourth-order valence-electron chi connectivity index (χ4n) is 3.13. The number of nitrogens with zero attached hydrogens (tertiary/aromatic N) is 4. The van der Waals surface area contributed by atoms with Gasteiger partial charge in [-0.3, -0.25) is 9.47 Å². The minimum Gasteiger partial charge on any atom is -0.362 e. The summed E-state index contributed by atoms with van der Waals surface area (Å²) in [6.07, 6.45) is 3.87. The van der Waals surface area contributed by atoms with Crippen LogP contribution in [0, 0.1) is 10.1 Å². The van der Waals surface area contributed by atoms with Crippen LogP contribution in [-0.2, 0) is 7.05 Å². The Labute approximate surface area is 135 Å². The number of nitrogens with one attached hydrogen (secondary N) is 1. The molecular formula is C16H21N5O2. The van der Waals surface area contributed by atoms with Crippen molar-refractivity contribution in [2.24, 2.45) is 7.05 Å². The second-order valence-corrected chi connectivity index (χ2v) is 5.84. The molecule has 2 aromatic rings. The maximum absolute atomic E-state index is 11.1. The van der Waals surface area contributed by atoms with Crippen molar-refractivity contribution in [3.8, 4) is 0 Å². The maximum atomic E-state index is 11.1. The van der Waals surface area contributed by atoms with Crippen molar-refractivity contribution in [1.29, 1.82) is 0 Å². The third-order valence-corrected chi connectivity index (χ3v) is 4.32. The molecule has 0 bridgehead atoms. The third kappa shape index (κ3) is 3.34. The lowest BCUT2D eigenvalue weighted by atomic mass is 10.1. The van der Waals surface area contributed by atoms with E-state index in [9.17, 15) is 10.1 Å². The van der Waals surface area contributed by atoms with Crippen LogP contribution in [0.1, 0.15) is 24.4 Å². The number of anilines is 1. The van der Waals surface area contributed by atoms with Gasteiger partial charge in [-0.1, -0.05) is 30.3 Å². The van der Waals surface area contributed by atoms with Crippen LogP contribution in [-0.4, -0.2) is 39.0 Å². The van der Waals surface area contributed by atoms with E-state index in [1.807, 2.05) is 18.2 Å². The van der Waals surface area contributed by atoms with Crippen molar-refractivity contribution in [3.63, 3.8) is 0 Å². The summed E-state index contributed by atoms with van der Waals surface area (Å²) in [5, 5.41) is 14.3. The normalized spacial score (nSPS) is 16.4. The molecule has 7 nitrogen and oxygen atoms in total. The average Bonchev–Trinajstić information content (AvgIpc) is 3.19. The third-order valence-electron chi connectivity index (χ3n) is 4.32. The molecule has 23 heavy (non-hydrogen) atoms. The van der Waals surface area contributed by atoms with Crippen molar-refractivity contribution in [2.75, 3.05) is 25.0 Å². The predicted molar refractivity (Wildman–Crippen MR) is 88.3 cm³/mol. The summed E-state index contributed by atoms with van der Waals surface area (Å²) in [4.78, 5) is 16.9.